The third-order valence-corrected chi connectivity index (χ3v) is 3.11. The van der Waals surface area contributed by atoms with E-state index in [4.69, 9.17) is 5.73 Å². The van der Waals surface area contributed by atoms with Crippen LogP contribution in [0.1, 0.15) is 40.6 Å². The van der Waals surface area contributed by atoms with Gasteiger partial charge in [-0.2, -0.15) is 5.10 Å². The molecule has 1 aliphatic rings. The van der Waals surface area contributed by atoms with Crippen molar-refractivity contribution >= 4 is 11.8 Å². The summed E-state index contributed by atoms with van der Waals surface area (Å²) in [5, 5.41) is 4.04. The highest BCUT2D eigenvalue weighted by atomic mass is 16.2. The lowest BCUT2D eigenvalue weighted by atomic mass is 10.2. The van der Waals surface area contributed by atoms with E-state index in [0.29, 0.717) is 0 Å². The van der Waals surface area contributed by atoms with E-state index < -0.39 is 5.91 Å². The van der Waals surface area contributed by atoms with E-state index in [1.807, 2.05) is 6.92 Å². The smallest absolute Gasteiger partial charge is 0.275 e. The summed E-state index contributed by atoms with van der Waals surface area (Å²) in [6, 6.07) is 0.199. The second kappa shape index (κ2) is 4.20. The number of aryl methyl sites for hydroxylation is 1. The number of hydrogen-bond acceptors (Lipinski definition) is 3. The normalized spacial score (nSPS) is 19.6. The van der Waals surface area contributed by atoms with Crippen molar-refractivity contribution in [2.45, 2.75) is 25.8 Å². The molecule has 0 spiro atoms. The van der Waals surface area contributed by atoms with Crippen LogP contribution in [0, 0.1) is 0 Å². The minimum atomic E-state index is -0.617. The molecule has 1 unspecified atom stereocenters. The third kappa shape index (κ3) is 2.02. The van der Waals surface area contributed by atoms with E-state index in [-0.39, 0.29) is 23.2 Å². The van der Waals surface area contributed by atoms with Crippen LogP contribution in [0.25, 0.3) is 0 Å². The van der Waals surface area contributed by atoms with Crippen molar-refractivity contribution in [3.63, 3.8) is 0 Å². The number of carbonyl (C=O) groups is 2. The van der Waals surface area contributed by atoms with E-state index in [1.54, 1.807) is 11.9 Å². The van der Waals surface area contributed by atoms with Gasteiger partial charge in [0.05, 0.1) is 5.56 Å². The van der Waals surface area contributed by atoms with Gasteiger partial charge in [0.2, 0.25) is 0 Å². The summed E-state index contributed by atoms with van der Waals surface area (Å²) >= 11 is 0. The molecule has 6 nitrogen and oxygen atoms in total. The Morgan fingerprint density at radius 3 is 2.76 bits per heavy atom. The first-order valence-electron chi connectivity index (χ1n) is 5.65. The zero-order chi connectivity index (χ0) is 12.6. The Kier molecular flexibility index (Phi) is 2.87. The van der Waals surface area contributed by atoms with Crippen LogP contribution in [0.3, 0.4) is 0 Å². The molecule has 0 bridgehead atoms. The second-order valence-electron chi connectivity index (χ2n) is 4.42. The molecule has 2 N–H and O–H groups in total. The van der Waals surface area contributed by atoms with Gasteiger partial charge in [0.1, 0.15) is 0 Å². The first kappa shape index (κ1) is 11.6. The molecule has 0 saturated carbocycles. The van der Waals surface area contributed by atoms with Crippen molar-refractivity contribution in [2.24, 2.45) is 12.8 Å². The van der Waals surface area contributed by atoms with Gasteiger partial charge in [-0.25, -0.2) is 0 Å². The lowest BCUT2D eigenvalue weighted by Gasteiger charge is -2.20. The summed E-state index contributed by atoms with van der Waals surface area (Å²) in [6.07, 6.45) is 3.46. The van der Waals surface area contributed by atoms with Crippen molar-refractivity contribution in [1.29, 1.82) is 0 Å². The summed E-state index contributed by atoms with van der Waals surface area (Å²) in [6.45, 7) is 2.71. The Hall–Kier alpha value is -1.85. The molecule has 1 fully saturated rings. The van der Waals surface area contributed by atoms with Gasteiger partial charge in [-0.05, 0) is 19.8 Å². The SMILES string of the molecule is CC1CCCN1C(=O)c1nn(C)cc1C(N)=O. The Bertz CT molecular complexity index is 466. The van der Waals surface area contributed by atoms with Gasteiger partial charge in [-0.1, -0.05) is 0 Å². The van der Waals surface area contributed by atoms with E-state index >= 15 is 0 Å². The fourth-order valence-corrected chi connectivity index (χ4v) is 2.20. The number of hydrogen-bond donors (Lipinski definition) is 1. The minimum absolute atomic E-state index is 0.161. The Morgan fingerprint density at radius 2 is 2.24 bits per heavy atom. The largest absolute Gasteiger partial charge is 0.365 e. The van der Waals surface area contributed by atoms with Crippen molar-refractivity contribution in [3.05, 3.63) is 17.5 Å². The fraction of sp³-hybridized carbons (Fsp3) is 0.545. The molecule has 0 radical (unpaired) electrons. The maximum absolute atomic E-state index is 12.2. The van der Waals surface area contributed by atoms with Gasteiger partial charge in [0, 0.05) is 25.8 Å². The highest BCUT2D eigenvalue weighted by Gasteiger charge is 2.30. The number of amides is 2. The molecule has 2 heterocycles. The second-order valence-corrected chi connectivity index (χ2v) is 4.42. The number of aromatic nitrogens is 2. The molecule has 6 heteroatoms. The predicted octanol–water partition coefficient (Wildman–Crippen LogP) is 0.144. The maximum atomic E-state index is 12.2. The number of nitrogens with zero attached hydrogens (tertiary/aromatic N) is 3. The molecule has 1 aliphatic heterocycles. The van der Waals surface area contributed by atoms with Crippen molar-refractivity contribution < 1.29 is 9.59 Å². The first-order chi connectivity index (χ1) is 8.00. The number of carbonyl (C=O) groups excluding carboxylic acids is 2. The van der Waals surface area contributed by atoms with Gasteiger partial charge in [0.25, 0.3) is 11.8 Å². The van der Waals surface area contributed by atoms with Gasteiger partial charge >= 0.3 is 0 Å². The van der Waals surface area contributed by atoms with Crippen molar-refractivity contribution in [3.8, 4) is 0 Å². The van der Waals surface area contributed by atoms with Gasteiger partial charge < -0.3 is 10.6 Å². The molecular formula is C11H16N4O2. The fourth-order valence-electron chi connectivity index (χ4n) is 2.20. The van der Waals surface area contributed by atoms with Crippen molar-refractivity contribution in [1.82, 2.24) is 14.7 Å². The molecule has 17 heavy (non-hydrogen) atoms. The van der Waals surface area contributed by atoms with Crippen LogP contribution in [0.4, 0.5) is 0 Å². The van der Waals surface area contributed by atoms with Crippen LogP contribution in [0.15, 0.2) is 6.20 Å². The number of likely N-dealkylation sites (tertiary alicyclic amines) is 1. The Morgan fingerprint density at radius 1 is 1.53 bits per heavy atom. The maximum Gasteiger partial charge on any atom is 0.275 e. The predicted molar refractivity (Wildman–Crippen MR) is 61.5 cm³/mol. The molecular weight excluding hydrogens is 220 g/mol. The number of rotatable bonds is 2. The highest BCUT2D eigenvalue weighted by molar-refractivity contribution is 6.05. The zero-order valence-corrected chi connectivity index (χ0v) is 10.0. The number of nitrogens with two attached hydrogens (primary N) is 1. The first-order valence-corrected chi connectivity index (χ1v) is 5.65. The third-order valence-electron chi connectivity index (χ3n) is 3.11. The molecule has 1 aromatic heterocycles. The Balaban J connectivity index is 2.33. The lowest BCUT2D eigenvalue weighted by molar-refractivity contribution is 0.0736. The average Bonchev–Trinajstić information content (AvgIpc) is 2.83. The summed E-state index contributed by atoms with van der Waals surface area (Å²) in [5.74, 6) is -0.822. The van der Waals surface area contributed by atoms with E-state index in [9.17, 15) is 9.59 Å². The van der Waals surface area contributed by atoms with E-state index in [2.05, 4.69) is 5.10 Å². The zero-order valence-electron chi connectivity index (χ0n) is 10.0. The summed E-state index contributed by atoms with van der Waals surface area (Å²) < 4.78 is 1.44. The van der Waals surface area contributed by atoms with E-state index in [1.165, 1.54) is 10.9 Å². The Labute approximate surface area is 99.4 Å². The highest BCUT2D eigenvalue weighted by Crippen LogP contribution is 2.20. The van der Waals surface area contributed by atoms with Crippen molar-refractivity contribution in [2.75, 3.05) is 6.54 Å². The quantitative estimate of drug-likeness (QED) is 0.793. The molecule has 2 rings (SSSR count). The summed E-state index contributed by atoms with van der Waals surface area (Å²) in [4.78, 5) is 25.2. The standard InChI is InChI=1S/C11H16N4O2/c1-7-4-3-5-15(7)11(17)9-8(10(12)16)6-14(2)13-9/h6-7H,3-5H2,1-2H3,(H2,12,16). The molecule has 92 valence electrons. The molecule has 1 saturated heterocycles. The summed E-state index contributed by atoms with van der Waals surface area (Å²) in [5.41, 5.74) is 5.59. The van der Waals surface area contributed by atoms with Gasteiger partial charge in [-0.3, -0.25) is 14.3 Å². The van der Waals surface area contributed by atoms with Crippen LogP contribution in [-0.2, 0) is 7.05 Å². The average molecular weight is 236 g/mol. The van der Waals surface area contributed by atoms with Crippen LogP contribution in [0.2, 0.25) is 0 Å². The monoisotopic (exact) mass is 236 g/mol. The van der Waals surface area contributed by atoms with Crippen LogP contribution in [0.5, 0.6) is 0 Å². The molecule has 2 amide bonds. The number of primary amides is 1. The van der Waals surface area contributed by atoms with Gasteiger partial charge in [-0.15, -0.1) is 0 Å². The minimum Gasteiger partial charge on any atom is -0.365 e. The van der Waals surface area contributed by atoms with E-state index in [0.717, 1.165) is 19.4 Å². The van der Waals surface area contributed by atoms with Crippen LogP contribution in [-0.4, -0.2) is 39.1 Å². The molecule has 1 aromatic rings. The molecule has 0 aliphatic carbocycles. The van der Waals surface area contributed by atoms with Crippen LogP contribution < -0.4 is 5.73 Å². The van der Waals surface area contributed by atoms with Gasteiger partial charge in [0.15, 0.2) is 5.69 Å². The summed E-state index contributed by atoms with van der Waals surface area (Å²) in [7, 11) is 1.66. The topological polar surface area (TPSA) is 81.2 Å². The molecule has 0 aromatic carbocycles. The lowest BCUT2D eigenvalue weighted by Crippen LogP contribution is -2.35. The molecule has 1 atom stereocenters. The van der Waals surface area contributed by atoms with Crippen LogP contribution >= 0.6 is 0 Å².